The van der Waals surface area contributed by atoms with E-state index in [1.807, 2.05) is 73.9 Å². The fourth-order valence-corrected chi connectivity index (χ4v) is 10.7. The Hall–Kier alpha value is -5.95. The molecule has 3 aromatic carbocycles. The molecule has 1 spiro atoms. The standard InChI is InChI=1S/C42H49Cl2N3O9.C5H10N2O5.C2H6/c1-26-21-33(43)38(34(44)22-26)54-20-19-53-31-13-9-29(10-14-31)32-24-42-16-6-7-36(42)46(41(49)55-17-4-5-18-56-47(50)51)39(42)37(32)40(48)45(30-11-12-30)25-28-8-15-35(52-3)27(2)23-28;6-5(8)11-3-1-2-4-12-7(9)10;1-2/h8-10,13-15,21-23,30,32,36-37,39H,4-7,11-12,16-20,24-25H2,1-3H3;1-4H2,(H2,6,8);1-2H3. The normalized spacial score (nSPS) is 20.4. The summed E-state index contributed by atoms with van der Waals surface area (Å²) < 4.78 is 27.5. The lowest BCUT2D eigenvalue weighted by Gasteiger charge is -2.58. The van der Waals surface area contributed by atoms with Gasteiger partial charge in [-0.25, -0.2) is 9.59 Å². The van der Waals surface area contributed by atoms with Crippen LogP contribution in [0.25, 0.3) is 0 Å². The van der Waals surface area contributed by atoms with Crippen LogP contribution in [0, 0.1) is 45.4 Å². The maximum Gasteiger partial charge on any atom is 0.410 e. The van der Waals surface area contributed by atoms with Crippen molar-refractivity contribution in [1.29, 1.82) is 0 Å². The van der Waals surface area contributed by atoms with Gasteiger partial charge >= 0.3 is 12.2 Å². The molecule has 21 heteroatoms. The summed E-state index contributed by atoms with van der Waals surface area (Å²) in [6, 6.07) is 17.4. The van der Waals surface area contributed by atoms with Crippen molar-refractivity contribution in [3.8, 4) is 17.2 Å². The van der Waals surface area contributed by atoms with Gasteiger partial charge in [-0.3, -0.25) is 4.79 Å². The molecule has 5 unspecified atom stereocenters. The number of halogens is 2. The second-order valence-electron chi connectivity index (χ2n) is 17.5. The quantitative estimate of drug-likeness (QED) is 0.0529. The van der Waals surface area contributed by atoms with Crippen molar-refractivity contribution in [1.82, 2.24) is 9.80 Å². The Balaban J connectivity index is 0.000000571. The van der Waals surface area contributed by atoms with Crippen molar-refractivity contribution in [2.75, 3.05) is 46.8 Å². The smallest absolute Gasteiger partial charge is 0.410 e. The number of hydrogen-bond donors (Lipinski definition) is 1. The van der Waals surface area contributed by atoms with Gasteiger partial charge in [0, 0.05) is 24.0 Å². The minimum atomic E-state index is -0.866. The number of ether oxygens (including phenoxy) is 5. The number of benzene rings is 3. The van der Waals surface area contributed by atoms with Crippen molar-refractivity contribution in [2.45, 2.75) is 122 Å². The molecule has 19 nitrogen and oxygen atoms in total. The first kappa shape index (κ1) is 55.0. The molecule has 2 N–H and O–H groups in total. The second-order valence-corrected chi connectivity index (χ2v) is 18.3. The summed E-state index contributed by atoms with van der Waals surface area (Å²) in [6.45, 7) is 9.16. The van der Waals surface area contributed by atoms with Crippen LogP contribution in [0.3, 0.4) is 0 Å². The van der Waals surface area contributed by atoms with Gasteiger partial charge in [0.2, 0.25) is 5.91 Å². The predicted octanol–water partition coefficient (Wildman–Crippen LogP) is 9.82. The molecule has 0 aromatic heterocycles. The maximum absolute atomic E-state index is 15.2. The van der Waals surface area contributed by atoms with Gasteiger partial charge in [0.25, 0.3) is 10.2 Å². The Morgan fingerprint density at radius 1 is 0.814 bits per heavy atom. The molecule has 1 saturated heterocycles. The summed E-state index contributed by atoms with van der Waals surface area (Å²) in [7, 11) is 1.65. The Labute approximate surface area is 418 Å². The van der Waals surface area contributed by atoms with Crippen molar-refractivity contribution >= 4 is 41.3 Å². The first-order valence-electron chi connectivity index (χ1n) is 23.8. The van der Waals surface area contributed by atoms with E-state index in [1.54, 1.807) is 19.2 Å². The predicted molar refractivity (Wildman–Crippen MR) is 259 cm³/mol. The van der Waals surface area contributed by atoms with E-state index in [2.05, 4.69) is 26.2 Å². The zero-order chi connectivity index (χ0) is 51.0. The van der Waals surface area contributed by atoms with Gasteiger partial charge in [-0.05, 0) is 130 Å². The van der Waals surface area contributed by atoms with E-state index in [0.717, 1.165) is 66.5 Å². The second kappa shape index (κ2) is 26.3. The molecule has 1 heterocycles. The molecule has 4 aliphatic rings. The number of carbonyl (C=O) groups is 3. The summed E-state index contributed by atoms with van der Waals surface area (Å²) in [4.78, 5) is 71.5. The number of amides is 3. The third kappa shape index (κ3) is 14.3. The van der Waals surface area contributed by atoms with Gasteiger partial charge in [-0.2, -0.15) is 0 Å². The highest BCUT2D eigenvalue weighted by Crippen LogP contribution is 2.68. The number of unbranched alkanes of at least 4 members (excludes halogenated alkanes) is 2. The number of rotatable bonds is 23. The van der Waals surface area contributed by atoms with Crippen molar-refractivity contribution in [2.24, 2.45) is 17.1 Å². The van der Waals surface area contributed by atoms with Crippen LogP contribution in [0.15, 0.2) is 54.6 Å². The molecule has 7 rings (SSSR count). The zero-order valence-electron chi connectivity index (χ0n) is 40.4. The molecule has 3 amide bonds. The van der Waals surface area contributed by atoms with E-state index >= 15 is 4.79 Å². The third-order valence-corrected chi connectivity index (χ3v) is 13.5. The first-order valence-corrected chi connectivity index (χ1v) is 24.6. The van der Waals surface area contributed by atoms with E-state index in [9.17, 15) is 29.8 Å². The highest BCUT2D eigenvalue weighted by molar-refractivity contribution is 6.37. The molecular formula is C49H65Cl2N5O14. The van der Waals surface area contributed by atoms with Gasteiger partial charge < -0.3 is 48.9 Å². The molecule has 70 heavy (non-hydrogen) atoms. The van der Waals surface area contributed by atoms with Crippen molar-refractivity contribution < 1.29 is 57.9 Å². The van der Waals surface area contributed by atoms with Crippen LogP contribution in [0.1, 0.15) is 106 Å². The largest absolute Gasteiger partial charge is 0.496 e. The minimum absolute atomic E-state index is 0.00475. The summed E-state index contributed by atoms with van der Waals surface area (Å²) in [5.41, 5.74) is 8.50. The number of carbonyl (C=O) groups excluding carboxylic acids is 3. The molecule has 3 aromatic rings. The first-order chi connectivity index (χ1) is 33.6. The fourth-order valence-electron chi connectivity index (χ4n) is 9.98. The summed E-state index contributed by atoms with van der Waals surface area (Å²) in [5.74, 6) is 1.39. The molecule has 5 atom stereocenters. The number of primary amides is 1. The Morgan fingerprint density at radius 2 is 1.41 bits per heavy atom. The van der Waals surface area contributed by atoms with Gasteiger partial charge in [-0.1, -0.05) is 67.7 Å². The molecule has 3 aliphatic carbocycles. The highest BCUT2D eigenvalue weighted by atomic mass is 35.5. The average molecular weight is 1020 g/mol. The van der Waals surface area contributed by atoms with Crippen LogP contribution in [0.2, 0.25) is 10.0 Å². The van der Waals surface area contributed by atoms with Crippen LogP contribution in [-0.4, -0.2) is 103 Å². The van der Waals surface area contributed by atoms with Gasteiger partial charge in [0.15, 0.2) is 5.75 Å². The van der Waals surface area contributed by atoms with Gasteiger partial charge in [0.1, 0.15) is 24.7 Å². The lowest BCUT2D eigenvalue weighted by atomic mass is 9.66. The lowest BCUT2D eigenvalue weighted by Crippen LogP contribution is -2.71. The lowest BCUT2D eigenvalue weighted by molar-refractivity contribution is -0.757. The Bertz CT molecular complexity index is 2210. The molecule has 384 valence electrons. The van der Waals surface area contributed by atoms with Crippen LogP contribution >= 0.6 is 23.2 Å². The number of likely N-dealkylation sites (tertiary alicyclic amines) is 1. The van der Waals surface area contributed by atoms with Crippen LogP contribution in [-0.2, 0) is 30.5 Å². The number of nitrogens with two attached hydrogens (primary N) is 1. The molecule has 0 bridgehead atoms. The van der Waals surface area contributed by atoms with E-state index < -0.39 is 28.3 Å². The topological polar surface area (TPSA) is 235 Å². The molecule has 4 fully saturated rings. The maximum atomic E-state index is 15.2. The number of hydrogen-bond acceptors (Lipinski definition) is 14. The van der Waals surface area contributed by atoms with E-state index in [4.69, 9.17) is 42.1 Å². The summed E-state index contributed by atoms with van der Waals surface area (Å²) >= 11 is 12.7. The summed E-state index contributed by atoms with van der Waals surface area (Å²) in [6.07, 6.45) is 5.98. The van der Waals surface area contributed by atoms with Gasteiger partial charge in [0.05, 0.1) is 55.5 Å². The van der Waals surface area contributed by atoms with Crippen LogP contribution in [0.4, 0.5) is 9.59 Å². The Kier molecular flexibility index (Phi) is 20.7. The fraction of sp³-hybridized carbons (Fsp3) is 0.571. The minimum Gasteiger partial charge on any atom is -0.496 e. The van der Waals surface area contributed by atoms with E-state index in [-0.39, 0.29) is 75.0 Å². The molecule has 3 saturated carbocycles. The van der Waals surface area contributed by atoms with Gasteiger partial charge in [-0.15, -0.1) is 20.2 Å². The molecule has 0 radical (unpaired) electrons. The third-order valence-electron chi connectivity index (χ3n) is 13.0. The number of methoxy groups -OCH3 is 1. The highest BCUT2D eigenvalue weighted by Gasteiger charge is 2.73. The Morgan fingerprint density at radius 3 is 1.99 bits per heavy atom. The van der Waals surface area contributed by atoms with Crippen LogP contribution in [0.5, 0.6) is 17.2 Å². The molecule has 1 aliphatic heterocycles. The zero-order valence-corrected chi connectivity index (χ0v) is 42.0. The summed E-state index contributed by atoms with van der Waals surface area (Å²) in [5, 5.41) is 19.3. The monoisotopic (exact) mass is 1020 g/mol. The number of aryl methyl sites for hydroxylation is 2. The van der Waals surface area contributed by atoms with Crippen molar-refractivity contribution in [3.05, 3.63) is 107 Å². The van der Waals surface area contributed by atoms with E-state index in [0.29, 0.717) is 53.8 Å². The van der Waals surface area contributed by atoms with Crippen LogP contribution < -0.4 is 19.9 Å². The SMILES string of the molecule is CC.COc1ccc(CN(C(=O)C2C(c3ccc(OCCOc4c(Cl)cc(C)cc4Cl)cc3)CC34CCCC3N(C(=O)OCCCCO[N+](=O)[O-])C24)C2CC2)cc1C.NC(=O)OCCCCO[N+](=O)[O-]. The van der Waals surface area contributed by atoms with Crippen molar-refractivity contribution in [3.63, 3.8) is 0 Å². The number of nitrogens with zero attached hydrogens (tertiary/aromatic N) is 4. The average Bonchev–Trinajstić information content (AvgIpc) is 4.06. The van der Waals surface area contributed by atoms with E-state index in [1.165, 1.54) is 0 Å². The molecular weight excluding hydrogens is 953 g/mol.